The van der Waals surface area contributed by atoms with Gasteiger partial charge in [-0.15, -0.1) is 0 Å². The lowest BCUT2D eigenvalue weighted by Gasteiger charge is -2.24. The number of ether oxygens (including phenoxy) is 1. The highest BCUT2D eigenvalue weighted by Gasteiger charge is 2.31. The van der Waals surface area contributed by atoms with Gasteiger partial charge in [-0.2, -0.15) is 0 Å². The summed E-state index contributed by atoms with van der Waals surface area (Å²) in [7, 11) is -4.07. The largest absolute Gasteiger partial charge is 0.452 e. The van der Waals surface area contributed by atoms with E-state index in [4.69, 9.17) is 16.3 Å². The molecule has 1 aliphatic rings. The molecule has 0 aliphatic carbocycles. The number of halogens is 3. The number of hydrogen-bond acceptors (Lipinski definition) is 5. The molecule has 2 N–H and O–H groups in total. The van der Waals surface area contributed by atoms with Crippen molar-refractivity contribution in [3.63, 3.8) is 0 Å². The van der Waals surface area contributed by atoms with Crippen molar-refractivity contribution in [1.29, 1.82) is 0 Å². The molecule has 0 radical (unpaired) electrons. The van der Waals surface area contributed by atoms with Crippen LogP contribution in [-0.4, -0.2) is 19.4 Å². The van der Waals surface area contributed by atoms with Gasteiger partial charge in [0, 0.05) is 11.2 Å². The minimum atomic E-state index is -4.07. The zero-order valence-corrected chi connectivity index (χ0v) is 16.6. The summed E-state index contributed by atoms with van der Waals surface area (Å²) in [6.45, 7) is -0.241. The standard InChI is InChI=1S/C19H13ClF2N4O3S/c20-11-3-5-12(6-4-11)29-18-14(22)7-8-16-17(18)25-19(26-30(16,27)28)24-10-15-13(21)2-1-9-23-15/h1-9H,10H2,(H2,24,25,26). The number of fused-ring (bicyclic) bond motifs is 1. The van der Waals surface area contributed by atoms with Gasteiger partial charge in [0.05, 0.1) is 12.2 Å². The third-order valence-corrected chi connectivity index (χ3v) is 5.72. The van der Waals surface area contributed by atoms with Crippen LogP contribution in [0.1, 0.15) is 5.69 Å². The van der Waals surface area contributed by atoms with E-state index in [1.54, 1.807) is 12.1 Å². The number of guanidine groups is 1. The molecule has 3 aromatic rings. The van der Waals surface area contributed by atoms with Crippen molar-refractivity contribution in [3.05, 3.63) is 77.1 Å². The fourth-order valence-corrected chi connectivity index (χ4v) is 3.95. The van der Waals surface area contributed by atoms with Crippen LogP contribution in [0.4, 0.5) is 14.5 Å². The molecule has 0 unspecified atom stereocenters. The van der Waals surface area contributed by atoms with Gasteiger partial charge >= 0.3 is 0 Å². The van der Waals surface area contributed by atoms with E-state index in [1.165, 1.54) is 30.5 Å². The summed E-state index contributed by atoms with van der Waals surface area (Å²) in [6.07, 6.45) is 1.39. The predicted molar refractivity (Wildman–Crippen MR) is 107 cm³/mol. The summed E-state index contributed by atoms with van der Waals surface area (Å²) in [6, 6.07) is 10.8. The maximum absolute atomic E-state index is 14.5. The second kappa shape index (κ2) is 7.88. The van der Waals surface area contributed by atoms with Crippen molar-refractivity contribution < 1.29 is 21.9 Å². The summed E-state index contributed by atoms with van der Waals surface area (Å²) >= 11 is 5.84. The van der Waals surface area contributed by atoms with Crippen molar-refractivity contribution in [2.24, 2.45) is 4.99 Å². The Bertz CT molecular complexity index is 1250. The highest BCUT2D eigenvalue weighted by molar-refractivity contribution is 7.90. The maximum Gasteiger partial charge on any atom is 0.266 e. The van der Waals surface area contributed by atoms with E-state index >= 15 is 0 Å². The lowest BCUT2D eigenvalue weighted by atomic mass is 10.2. The van der Waals surface area contributed by atoms with Gasteiger partial charge in [0.1, 0.15) is 22.1 Å². The first-order chi connectivity index (χ1) is 14.3. The zero-order chi connectivity index (χ0) is 21.3. The van der Waals surface area contributed by atoms with E-state index in [0.717, 1.165) is 12.1 Å². The summed E-state index contributed by atoms with van der Waals surface area (Å²) in [5.41, 5.74) is -0.113. The number of nitrogens with one attached hydrogen (secondary N) is 2. The van der Waals surface area contributed by atoms with Gasteiger partial charge in [-0.3, -0.25) is 4.98 Å². The van der Waals surface area contributed by atoms with E-state index in [9.17, 15) is 17.2 Å². The smallest absolute Gasteiger partial charge is 0.266 e. The van der Waals surface area contributed by atoms with E-state index < -0.39 is 21.7 Å². The van der Waals surface area contributed by atoms with Gasteiger partial charge in [0.2, 0.25) is 5.96 Å². The zero-order valence-electron chi connectivity index (χ0n) is 15.1. The molecule has 1 aromatic heterocycles. The number of hydrogen-bond donors (Lipinski definition) is 2. The van der Waals surface area contributed by atoms with Crippen LogP contribution < -0.4 is 14.8 Å². The molecule has 0 atom stereocenters. The van der Waals surface area contributed by atoms with Gasteiger partial charge in [-0.05, 0) is 48.5 Å². The predicted octanol–water partition coefficient (Wildman–Crippen LogP) is 4.07. The molecule has 154 valence electrons. The average molecular weight is 451 g/mol. The van der Waals surface area contributed by atoms with Gasteiger partial charge < -0.3 is 10.1 Å². The number of pyridine rings is 1. The first-order valence-corrected chi connectivity index (χ1v) is 10.4. The molecule has 7 nitrogen and oxygen atoms in total. The lowest BCUT2D eigenvalue weighted by Crippen LogP contribution is -2.41. The lowest BCUT2D eigenvalue weighted by molar-refractivity contribution is 0.442. The molecular formula is C19H13ClF2N4O3S. The fourth-order valence-electron chi connectivity index (χ4n) is 2.69. The molecule has 1 aliphatic heterocycles. The van der Waals surface area contributed by atoms with Gasteiger partial charge in [-0.1, -0.05) is 11.6 Å². The Morgan fingerprint density at radius 2 is 1.83 bits per heavy atom. The third-order valence-electron chi connectivity index (χ3n) is 4.09. The Labute approximate surface area is 175 Å². The number of anilines is 1. The van der Waals surface area contributed by atoms with Crippen molar-refractivity contribution in [3.8, 4) is 11.5 Å². The second-order valence-corrected chi connectivity index (χ2v) is 8.22. The Hall–Kier alpha value is -3.24. The number of benzene rings is 2. The normalized spacial score (nSPS) is 15.8. The highest BCUT2D eigenvalue weighted by Crippen LogP contribution is 2.39. The number of rotatable bonds is 4. The van der Waals surface area contributed by atoms with Crippen molar-refractivity contribution in [2.45, 2.75) is 11.4 Å². The second-order valence-electron chi connectivity index (χ2n) is 6.13. The van der Waals surface area contributed by atoms with Crippen LogP contribution in [0.2, 0.25) is 5.02 Å². The van der Waals surface area contributed by atoms with Crippen LogP contribution in [0.3, 0.4) is 0 Å². The van der Waals surface area contributed by atoms with Crippen LogP contribution in [0.25, 0.3) is 0 Å². The molecule has 0 amide bonds. The summed E-state index contributed by atoms with van der Waals surface area (Å²) < 4.78 is 61.3. The van der Waals surface area contributed by atoms with Crippen LogP contribution >= 0.6 is 11.6 Å². The van der Waals surface area contributed by atoms with Crippen LogP contribution in [0.15, 0.2) is 64.6 Å². The molecule has 2 heterocycles. The van der Waals surface area contributed by atoms with Gasteiger partial charge in [-0.25, -0.2) is 26.9 Å². The number of nitrogens with zero attached hydrogens (tertiary/aromatic N) is 2. The van der Waals surface area contributed by atoms with Crippen LogP contribution in [0.5, 0.6) is 11.5 Å². The molecule has 0 fully saturated rings. The summed E-state index contributed by atoms with van der Waals surface area (Å²) in [5, 5.41) is 3.16. The Kier molecular flexibility index (Phi) is 5.27. The summed E-state index contributed by atoms with van der Waals surface area (Å²) in [4.78, 5) is 7.64. The quantitative estimate of drug-likeness (QED) is 0.625. The number of aromatic nitrogens is 1. The SMILES string of the molecule is O=S1(=O)NC(=NCc2ncccc2F)Nc2c1ccc(F)c2Oc1ccc(Cl)cc1. The third kappa shape index (κ3) is 4.05. The van der Waals surface area contributed by atoms with E-state index in [0.29, 0.717) is 5.02 Å². The molecule has 4 rings (SSSR count). The Balaban J connectivity index is 1.71. The fraction of sp³-hybridized carbons (Fsp3) is 0.0526. The van der Waals surface area contributed by atoms with Gasteiger partial charge in [0.25, 0.3) is 10.0 Å². The number of aliphatic imine (C=N–C) groups is 1. The van der Waals surface area contributed by atoms with Crippen molar-refractivity contribution in [1.82, 2.24) is 9.71 Å². The van der Waals surface area contributed by atoms with Gasteiger partial charge in [0.15, 0.2) is 11.6 Å². The molecule has 0 bridgehead atoms. The molecule has 30 heavy (non-hydrogen) atoms. The van der Waals surface area contributed by atoms with E-state index in [1.807, 2.05) is 0 Å². The first-order valence-electron chi connectivity index (χ1n) is 8.53. The van der Waals surface area contributed by atoms with Crippen LogP contribution in [-0.2, 0) is 16.6 Å². The minimum Gasteiger partial charge on any atom is -0.452 e. The molecule has 2 aromatic carbocycles. The number of sulfonamides is 1. The molecule has 0 saturated carbocycles. The highest BCUT2D eigenvalue weighted by atomic mass is 35.5. The topological polar surface area (TPSA) is 92.7 Å². The first kappa shape index (κ1) is 20.0. The molecule has 11 heteroatoms. The molecular weight excluding hydrogens is 438 g/mol. The average Bonchev–Trinajstić information content (AvgIpc) is 2.70. The monoisotopic (exact) mass is 450 g/mol. The maximum atomic E-state index is 14.5. The minimum absolute atomic E-state index is 0.0219. The molecule has 0 saturated heterocycles. The van der Waals surface area contributed by atoms with Crippen molar-refractivity contribution in [2.75, 3.05) is 5.32 Å². The Morgan fingerprint density at radius 3 is 2.57 bits per heavy atom. The van der Waals surface area contributed by atoms with E-state index in [-0.39, 0.29) is 40.3 Å². The summed E-state index contributed by atoms with van der Waals surface area (Å²) in [5.74, 6) is -1.68. The van der Waals surface area contributed by atoms with Crippen molar-refractivity contribution >= 4 is 33.3 Å². The Morgan fingerprint density at radius 1 is 1.07 bits per heavy atom. The van der Waals surface area contributed by atoms with E-state index in [2.05, 4.69) is 20.0 Å². The van der Waals surface area contributed by atoms with Crippen LogP contribution in [0, 0.1) is 11.6 Å². The molecule has 0 spiro atoms.